The molecule has 0 saturated carbocycles. The van der Waals surface area contributed by atoms with Crippen LogP contribution in [0.4, 0.5) is 0 Å². The summed E-state index contributed by atoms with van der Waals surface area (Å²) in [5.41, 5.74) is 1.80. The van der Waals surface area contributed by atoms with E-state index in [1.807, 2.05) is 10.6 Å². The summed E-state index contributed by atoms with van der Waals surface area (Å²) in [4.78, 5) is 52.5. The van der Waals surface area contributed by atoms with Crippen LogP contribution in [0.2, 0.25) is 0 Å². The van der Waals surface area contributed by atoms with Crippen molar-refractivity contribution in [3.8, 4) is 0 Å². The Morgan fingerprint density at radius 1 is 1.00 bits per heavy atom. The van der Waals surface area contributed by atoms with Crippen LogP contribution in [0.25, 0.3) is 0 Å². The third kappa shape index (κ3) is 4.08. The number of nitrogens with zero attached hydrogens (tertiary/aromatic N) is 3. The number of hydrogen-bond acceptors (Lipinski definition) is 6. The number of thioether (sulfide) groups is 1. The molecular weight excluding hydrogens is 460 g/mol. The number of pyridine rings is 1. The molecule has 1 fully saturated rings. The highest BCUT2D eigenvalue weighted by Gasteiger charge is 2.36. The van der Waals surface area contributed by atoms with Crippen LogP contribution in [0.3, 0.4) is 0 Å². The third-order valence-electron chi connectivity index (χ3n) is 6.38. The summed E-state index contributed by atoms with van der Waals surface area (Å²) < 4.78 is 2.52. The van der Waals surface area contributed by atoms with Gasteiger partial charge in [0.25, 0.3) is 17.4 Å². The average molecular weight is 483 g/mol. The van der Waals surface area contributed by atoms with Crippen LogP contribution in [0.15, 0.2) is 47.3 Å². The molecule has 8 nitrogen and oxygen atoms in total. The molecule has 1 aromatic heterocycles. The van der Waals surface area contributed by atoms with Crippen molar-refractivity contribution >= 4 is 46.0 Å². The molecule has 4 heterocycles. The molecule has 2 unspecified atom stereocenters. The quantitative estimate of drug-likeness (QED) is 0.523. The lowest BCUT2D eigenvalue weighted by atomic mass is 9.83. The maximum atomic E-state index is 12.4. The number of piperidine rings is 1. The van der Waals surface area contributed by atoms with Gasteiger partial charge in [0.2, 0.25) is 5.91 Å². The number of nitrogens with one attached hydrogen (secondary N) is 1. The Morgan fingerprint density at radius 2 is 1.73 bits per heavy atom. The molecule has 3 amide bonds. The molecule has 0 spiro atoms. The van der Waals surface area contributed by atoms with Gasteiger partial charge in [0.1, 0.15) is 11.0 Å². The van der Waals surface area contributed by atoms with Gasteiger partial charge in [-0.05, 0) is 30.5 Å². The Labute approximate surface area is 199 Å². The van der Waals surface area contributed by atoms with Crippen molar-refractivity contribution in [3.05, 3.63) is 69.6 Å². The Bertz CT molecular complexity index is 1190. The first-order valence-corrected chi connectivity index (χ1v) is 12.1. The molecule has 1 aromatic carbocycles. The number of rotatable bonds is 4. The van der Waals surface area contributed by atoms with Gasteiger partial charge in [-0.3, -0.25) is 24.1 Å². The zero-order valence-electron chi connectivity index (χ0n) is 17.7. The summed E-state index contributed by atoms with van der Waals surface area (Å²) in [5, 5.41) is 2.65. The van der Waals surface area contributed by atoms with Crippen molar-refractivity contribution in [1.29, 1.82) is 0 Å². The van der Waals surface area contributed by atoms with E-state index >= 15 is 0 Å². The van der Waals surface area contributed by atoms with Crippen LogP contribution in [0.5, 0.6) is 0 Å². The van der Waals surface area contributed by atoms with Crippen molar-refractivity contribution in [2.45, 2.75) is 18.9 Å². The van der Waals surface area contributed by atoms with Gasteiger partial charge >= 0.3 is 0 Å². The second kappa shape index (κ2) is 8.75. The summed E-state index contributed by atoms with van der Waals surface area (Å²) >= 11 is 6.87. The van der Waals surface area contributed by atoms with Gasteiger partial charge in [-0.15, -0.1) is 0 Å². The van der Waals surface area contributed by atoms with Gasteiger partial charge in [-0.1, -0.05) is 42.2 Å². The Balaban J connectivity index is 1.13. The minimum absolute atomic E-state index is 0.0438. The van der Waals surface area contributed by atoms with E-state index in [9.17, 15) is 19.2 Å². The van der Waals surface area contributed by atoms with E-state index in [0.29, 0.717) is 27.9 Å². The number of carbonyl (C=O) groups excluding carboxylic acids is 3. The van der Waals surface area contributed by atoms with E-state index in [1.165, 1.54) is 11.8 Å². The van der Waals surface area contributed by atoms with Crippen LogP contribution in [0, 0.1) is 5.92 Å². The van der Waals surface area contributed by atoms with Gasteiger partial charge in [0.05, 0.1) is 16.9 Å². The monoisotopic (exact) mass is 482 g/mol. The number of thiocarbonyl (C=S) groups is 1. The number of fused-ring (bicyclic) bond motifs is 5. The number of hydrogen-bond donors (Lipinski definition) is 1. The minimum Gasteiger partial charge on any atom is -0.356 e. The predicted molar refractivity (Wildman–Crippen MR) is 128 cm³/mol. The zero-order chi connectivity index (χ0) is 23.1. The number of imide groups is 1. The second-order valence-corrected chi connectivity index (χ2v) is 10.1. The van der Waals surface area contributed by atoms with Crippen LogP contribution in [0.1, 0.15) is 38.7 Å². The zero-order valence-corrected chi connectivity index (χ0v) is 19.4. The first-order valence-electron chi connectivity index (χ1n) is 10.8. The fraction of sp³-hybridized carbons (Fsp3) is 0.348. The fourth-order valence-electron chi connectivity index (χ4n) is 4.87. The van der Waals surface area contributed by atoms with Crippen LogP contribution >= 0.6 is 24.0 Å². The number of likely N-dealkylation sites (tertiary alicyclic amines) is 1. The third-order valence-corrected chi connectivity index (χ3v) is 7.90. The smallest absolute Gasteiger partial charge is 0.263 e. The maximum Gasteiger partial charge on any atom is 0.263 e. The molecular formula is C23H22N4O4S2. The van der Waals surface area contributed by atoms with Crippen LogP contribution in [-0.2, 0) is 11.3 Å². The van der Waals surface area contributed by atoms with E-state index in [-0.39, 0.29) is 29.8 Å². The normalized spacial score (nSPS) is 21.0. The Hall–Kier alpha value is -2.98. The van der Waals surface area contributed by atoms with Gasteiger partial charge in [0.15, 0.2) is 0 Å². The lowest BCUT2D eigenvalue weighted by molar-refractivity contribution is -0.118. The highest BCUT2D eigenvalue weighted by atomic mass is 32.2. The second-order valence-electron chi connectivity index (χ2n) is 8.50. The van der Waals surface area contributed by atoms with Gasteiger partial charge in [0, 0.05) is 37.3 Å². The number of amides is 3. The van der Waals surface area contributed by atoms with Crippen molar-refractivity contribution in [1.82, 2.24) is 19.7 Å². The lowest BCUT2D eigenvalue weighted by Crippen LogP contribution is -2.48. The molecule has 3 aliphatic rings. The fourth-order valence-corrected chi connectivity index (χ4v) is 5.88. The molecule has 10 heteroatoms. The largest absolute Gasteiger partial charge is 0.356 e. The Kier molecular flexibility index (Phi) is 5.79. The molecule has 3 aliphatic heterocycles. The molecule has 2 bridgehead atoms. The topological polar surface area (TPSA) is 91.7 Å². The van der Waals surface area contributed by atoms with Gasteiger partial charge < -0.3 is 14.8 Å². The molecule has 1 N–H and O–H groups in total. The number of carbonyl (C=O) groups is 3. The number of aromatic nitrogens is 1. The van der Waals surface area contributed by atoms with Crippen LogP contribution < -0.4 is 10.9 Å². The maximum absolute atomic E-state index is 12.4. The first kappa shape index (κ1) is 21.8. The Morgan fingerprint density at radius 3 is 2.45 bits per heavy atom. The summed E-state index contributed by atoms with van der Waals surface area (Å²) in [6, 6.07) is 12.0. The first-order chi connectivity index (χ1) is 15.9. The summed E-state index contributed by atoms with van der Waals surface area (Å²) in [6.45, 7) is 2.01. The van der Waals surface area contributed by atoms with Crippen molar-refractivity contribution in [2.24, 2.45) is 5.92 Å². The van der Waals surface area contributed by atoms with E-state index in [2.05, 4.69) is 10.2 Å². The van der Waals surface area contributed by atoms with E-state index in [0.717, 1.165) is 30.1 Å². The van der Waals surface area contributed by atoms with Crippen molar-refractivity contribution in [3.63, 3.8) is 0 Å². The summed E-state index contributed by atoms with van der Waals surface area (Å²) in [6.07, 6.45) is 1.04. The van der Waals surface area contributed by atoms with E-state index in [4.69, 9.17) is 12.2 Å². The molecule has 5 rings (SSSR count). The van der Waals surface area contributed by atoms with Crippen molar-refractivity contribution in [2.75, 3.05) is 25.5 Å². The molecule has 33 heavy (non-hydrogen) atoms. The average Bonchev–Trinajstić information content (AvgIpc) is 3.06. The molecule has 2 aromatic rings. The molecule has 1 saturated heterocycles. The minimum atomic E-state index is -0.404. The van der Waals surface area contributed by atoms with Gasteiger partial charge in [-0.25, -0.2) is 0 Å². The summed E-state index contributed by atoms with van der Waals surface area (Å²) in [7, 11) is 0. The van der Waals surface area contributed by atoms with Gasteiger partial charge in [-0.2, -0.15) is 0 Å². The summed E-state index contributed by atoms with van der Waals surface area (Å²) in [5.74, 6) is -0.418. The molecule has 0 radical (unpaired) electrons. The standard InChI is InChI=1S/C23H22N4O4S2/c28-19(24-13-27-21(30)16-4-1-2-5-17(16)22(27)31)12-33-23(32)25-9-14-8-15(11-25)18-6-3-7-20(29)26(18)10-14/h1-7,14-15H,8-13H2,(H,24,28). The SMILES string of the molecule is O=C(CSC(=S)N1CC2CC(C1)c1cccc(=O)n1C2)NCN1C(=O)c2ccccc2C1=O. The van der Waals surface area contributed by atoms with Crippen LogP contribution in [-0.4, -0.2) is 61.9 Å². The van der Waals surface area contributed by atoms with Crippen molar-refractivity contribution < 1.29 is 14.4 Å². The number of benzene rings is 1. The molecule has 0 aliphatic carbocycles. The highest BCUT2D eigenvalue weighted by Crippen LogP contribution is 2.36. The van der Waals surface area contributed by atoms with E-state index < -0.39 is 11.8 Å². The lowest BCUT2D eigenvalue weighted by Gasteiger charge is -2.43. The molecule has 2 atom stereocenters. The highest BCUT2D eigenvalue weighted by molar-refractivity contribution is 8.23. The predicted octanol–water partition coefficient (Wildman–Crippen LogP) is 1.66. The molecule has 170 valence electrons. The van der Waals surface area contributed by atoms with E-state index in [1.54, 1.807) is 36.4 Å².